The Morgan fingerprint density at radius 3 is 2.34 bits per heavy atom. The van der Waals surface area contributed by atoms with Gasteiger partial charge in [-0.25, -0.2) is 14.8 Å². The summed E-state index contributed by atoms with van der Waals surface area (Å²) in [7, 11) is 0. The van der Waals surface area contributed by atoms with E-state index in [0.717, 1.165) is 24.8 Å². The molecule has 0 spiro atoms. The third-order valence-electron chi connectivity index (χ3n) is 6.88. The number of cyclic esters (lactones) is 1. The van der Waals surface area contributed by atoms with Crippen LogP contribution in [0.4, 0.5) is 16.4 Å². The van der Waals surface area contributed by atoms with Crippen molar-refractivity contribution in [2.24, 2.45) is 0 Å². The molecule has 8 heteroatoms. The minimum atomic E-state index is -0.392. The molecule has 2 saturated heterocycles. The second-order valence-corrected chi connectivity index (χ2v) is 9.18. The maximum atomic E-state index is 13.0. The van der Waals surface area contributed by atoms with Gasteiger partial charge in [0, 0.05) is 38.6 Å². The fraction of sp³-hybridized carbons (Fsp3) is 0.500. The number of nitrogens with zero attached hydrogens (tertiary/aromatic N) is 5. The van der Waals surface area contributed by atoms with Gasteiger partial charge in [0.25, 0.3) is 5.91 Å². The number of carbonyl (C=O) groups excluding carboxylic acids is 2. The van der Waals surface area contributed by atoms with Crippen LogP contribution in [0.2, 0.25) is 0 Å². The van der Waals surface area contributed by atoms with Crippen LogP contribution >= 0.6 is 0 Å². The van der Waals surface area contributed by atoms with Crippen LogP contribution < -0.4 is 9.80 Å². The number of ether oxygens (including phenoxy) is 1. The molecule has 0 N–H and O–H groups in total. The fourth-order valence-corrected chi connectivity index (χ4v) is 4.67. The van der Waals surface area contributed by atoms with Crippen molar-refractivity contribution in [1.29, 1.82) is 0 Å². The zero-order valence-electron chi connectivity index (χ0n) is 18.1. The molecule has 0 aromatic carbocycles. The fourth-order valence-electron chi connectivity index (χ4n) is 4.67. The smallest absolute Gasteiger partial charge is 0.415 e. The van der Waals surface area contributed by atoms with Gasteiger partial charge < -0.3 is 14.5 Å². The first-order chi connectivity index (χ1) is 15.7. The van der Waals surface area contributed by atoms with E-state index in [0.29, 0.717) is 43.5 Å². The highest BCUT2D eigenvalue weighted by Crippen LogP contribution is 2.47. The largest absolute Gasteiger partial charge is 0.447 e. The molecule has 8 nitrogen and oxygen atoms in total. The number of hydrogen-bond acceptors (Lipinski definition) is 6. The highest BCUT2D eigenvalue weighted by Gasteiger charge is 2.33. The highest BCUT2D eigenvalue weighted by molar-refractivity contribution is 5.95. The maximum absolute atomic E-state index is 13.0. The van der Waals surface area contributed by atoms with Gasteiger partial charge in [-0.15, -0.1) is 0 Å². The van der Waals surface area contributed by atoms with Gasteiger partial charge in [-0.05, 0) is 60.8 Å². The van der Waals surface area contributed by atoms with E-state index in [1.807, 2.05) is 4.90 Å². The lowest BCUT2D eigenvalue weighted by Crippen LogP contribution is -2.49. The van der Waals surface area contributed by atoms with Crippen molar-refractivity contribution >= 4 is 23.6 Å². The lowest BCUT2D eigenvalue weighted by atomic mass is 10.1. The molecule has 2 aliphatic carbocycles. The molecular formula is C24H27N5O3. The van der Waals surface area contributed by atoms with E-state index in [2.05, 4.69) is 22.1 Å². The minimum Gasteiger partial charge on any atom is -0.447 e. The van der Waals surface area contributed by atoms with Crippen LogP contribution in [0.25, 0.3) is 0 Å². The lowest BCUT2D eigenvalue weighted by Gasteiger charge is -2.36. The molecule has 2 aromatic rings. The first-order valence-electron chi connectivity index (χ1n) is 11.6. The van der Waals surface area contributed by atoms with Crippen molar-refractivity contribution in [1.82, 2.24) is 14.9 Å². The molecule has 2 aromatic heterocycles. The topological polar surface area (TPSA) is 78.9 Å². The first kappa shape index (κ1) is 19.5. The molecule has 6 rings (SSSR count). The first-order valence-corrected chi connectivity index (χ1v) is 11.6. The molecule has 0 atom stereocenters. The average molecular weight is 434 g/mol. The van der Waals surface area contributed by atoms with Crippen LogP contribution in [0.5, 0.6) is 0 Å². The number of carbonyl (C=O) groups is 2. The number of piperazine rings is 1. The number of amides is 2. The molecule has 166 valence electrons. The van der Waals surface area contributed by atoms with Gasteiger partial charge in [0.05, 0.1) is 12.1 Å². The molecule has 2 saturated carbocycles. The van der Waals surface area contributed by atoms with E-state index in [1.54, 1.807) is 18.3 Å². The molecule has 4 fully saturated rings. The van der Waals surface area contributed by atoms with Crippen LogP contribution in [0, 0.1) is 0 Å². The third kappa shape index (κ3) is 3.67. The quantitative estimate of drug-likeness (QED) is 0.721. The van der Waals surface area contributed by atoms with Gasteiger partial charge in [0.1, 0.15) is 18.2 Å². The van der Waals surface area contributed by atoms with Crippen molar-refractivity contribution in [2.75, 3.05) is 49.1 Å². The molecule has 32 heavy (non-hydrogen) atoms. The van der Waals surface area contributed by atoms with Crippen LogP contribution in [0.3, 0.4) is 0 Å². The van der Waals surface area contributed by atoms with E-state index in [-0.39, 0.29) is 5.91 Å². The van der Waals surface area contributed by atoms with E-state index >= 15 is 0 Å². The lowest BCUT2D eigenvalue weighted by molar-refractivity contribution is 0.0746. The molecule has 0 bridgehead atoms. The van der Waals surface area contributed by atoms with Crippen molar-refractivity contribution in [3.05, 3.63) is 47.3 Å². The van der Waals surface area contributed by atoms with Gasteiger partial charge in [-0.3, -0.25) is 9.69 Å². The van der Waals surface area contributed by atoms with E-state index in [4.69, 9.17) is 9.72 Å². The zero-order chi connectivity index (χ0) is 21.7. The second-order valence-electron chi connectivity index (χ2n) is 9.18. The summed E-state index contributed by atoms with van der Waals surface area (Å²) in [5.74, 6) is 3.00. The third-order valence-corrected chi connectivity index (χ3v) is 6.88. The van der Waals surface area contributed by atoms with Crippen LogP contribution in [-0.2, 0) is 4.74 Å². The summed E-state index contributed by atoms with van der Waals surface area (Å²) >= 11 is 0. The number of anilines is 2. The molecular weight excluding hydrogens is 406 g/mol. The standard InChI is InChI=1S/C24H27N5O3/c30-23(18-5-6-21(25-14-18)29-11-12-32-24(29)31)28-9-7-27(8-10-28)22-20(17-3-4-17)13-19(15-26-22)16-1-2-16/h5-6,13-17H,1-4,7-12H2. The van der Waals surface area contributed by atoms with Crippen LogP contribution in [-0.4, -0.2) is 66.2 Å². The Labute approximate surface area is 187 Å². The normalized spacial score (nSPS) is 21.1. The molecule has 0 radical (unpaired) electrons. The Morgan fingerprint density at radius 1 is 0.938 bits per heavy atom. The monoisotopic (exact) mass is 433 g/mol. The maximum Gasteiger partial charge on any atom is 0.415 e. The van der Waals surface area contributed by atoms with Crippen molar-refractivity contribution in [3.8, 4) is 0 Å². The SMILES string of the molecule is O=C(c1ccc(N2CCOC2=O)nc1)N1CCN(c2ncc(C3CC3)cc2C2CC2)CC1. The van der Waals surface area contributed by atoms with Gasteiger partial charge in [-0.1, -0.05) is 6.07 Å². The van der Waals surface area contributed by atoms with Gasteiger partial charge in [-0.2, -0.15) is 0 Å². The Bertz CT molecular complexity index is 1040. The molecule has 2 amide bonds. The Kier molecular flexibility index (Phi) is 4.73. The molecule has 0 unspecified atom stereocenters. The number of pyridine rings is 2. The van der Waals surface area contributed by atoms with E-state index in [9.17, 15) is 9.59 Å². The summed E-state index contributed by atoms with van der Waals surface area (Å²) in [5, 5.41) is 0. The number of hydrogen-bond donors (Lipinski definition) is 0. The zero-order valence-corrected chi connectivity index (χ0v) is 18.1. The van der Waals surface area contributed by atoms with Gasteiger partial charge in [0.2, 0.25) is 0 Å². The van der Waals surface area contributed by atoms with E-state index < -0.39 is 6.09 Å². The predicted octanol–water partition coefficient (Wildman–Crippen LogP) is 3.15. The number of rotatable bonds is 5. The van der Waals surface area contributed by atoms with Crippen LogP contribution in [0.1, 0.15) is 59.0 Å². The number of aromatic nitrogens is 2. The predicted molar refractivity (Wildman–Crippen MR) is 119 cm³/mol. The van der Waals surface area contributed by atoms with Crippen molar-refractivity contribution in [3.63, 3.8) is 0 Å². The van der Waals surface area contributed by atoms with Gasteiger partial charge >= 0.3 is 6.09 Å². The van der Waals surface area contributed by atoms with Gasteiger partial charge in [0.15, 0.2) is 0 Å². The Balaban J connectivity index is 1.11. The second kappa shape index (κ2) is 7.76. The molecule has 4 heterocycles. The molecule has 2 aliphatic heterocycles. The summed E-state index contributed by atoms with van der Waals surface area (Å²) in [6, 6.07) is 5.86. The van der Waals surface area contributed by atoms with Crippen molar-refractivity contribution in [2.45, 2.75) is 37.5 Å². The van der Waals surface area contributed by atoms with Crippen molar-refractivity contribution < 1.29 is 14.3 Å². The summed E-state index contributed by atoms with van der Waals surface area (Å²) in [5.41, 5.74) is 3.36. The van der Waals surface area contributed by atoms with E-state index in [1.165, 1.54) is 41.7 Å². The Hall–Kier alpha value is -3.16. The highest BCUT2D eigenvalue weighted by atomic mass is 16.6. The van der Waals surface area contributed by atoms with Crippen LogP contribution in [0.15, 0.2) is 30.6 Å². The average Bonchev–Trinajstić information content (AvgIpc) is 3.76. The summed E-state index contributed by atoms with van der Waals surface area (Å²) < 4.78 is 4.95. The summed E-state index contributed by atoms with van der Waals surface area (Å²) in [6.07, 6.45) is 8.35. The summed E-state index contributed by atoms with van der Waals surface area (Å²) in [4.78, 5) is 39.6. The Morgan fingerprint density at radius 2 is 1.72 bits per heavy atom. The summed E-state index contributed by atoms with van der Waals surface area (Å²) in [6.45, 7) is 3.74. The minimum absolute atomic E-state index is 0.0212. The molecule has 4 aliphatic rings.